The second-order valence-electron chi connectivity index (χ2n) is 8.80. The van der Waals surface area contributed by atoms with Crippen molar-refractivity contribution < 1.29 is 38.0 Å². The van der Waals surface area contributed by atoms with E-state index in [0.717, 1.165) is 11.1 Å². The molecular formula is C25H26ClNO7. The molecule has 3 atom stereocenters. The van der Waals surface area contributed by atoms with E-state index in [0.29, 0.717) is 23.6 Å². The molecule has 3 aliphatic rings. The van der Waals surface area contributed by atoms with E-state index >= 15 is 0 Å². The molecule has 5 rings (SSSR count). The van der Waals surface area contributed by atoms with Gasteiger partial charge in [-0.05, 0) is 60.9 Å². The van der Waals surface area contributed by atoms with Crippen molar-refractivity contribution in [3.63, 3.8) is 0 Å². The second kappa shape index (κ2) is 8.38. The average Bonchev–Trinajstić information content (AvgIpc) is 2.74. The summed E-state index contributed by atoms with van der Waals surface area (Å²) in [5.41, 5.74) is 2.11. The van der Waals surface area contributed by atoms with Gasteiger partial charge in [0.2, 0.25) is 0 Å². The van der Waals surface area contributed by atoms with Gasteiger partial charge in [-0.15, -0.1) is 0 Å². The summed E-state index contributed by atoms with van der Waals surface area (Å²) in [6.45, 7) is 1.18. The molecule has 1 heterocycles. The van der Waals surface area contributed by atoms with Gasteiger partial charge in [0.1, 0.15) is 22.4 Å². The van der Waals surface area contributed by atoms with Crippen molar-refractivity contribution in [2.75, 3.05) is 0 Å². The van der Waals surface area contributed by atoms with Gasteiger partial charge in [-0.3, -0.25) is 14.4 Å². The number of aliphatic hydroxyl groups excluding tert-OH is 2. The molecule has 0 spiro atoms. The third kappa shape index (κ3) is 3.41. The van der Waals surface area contributed by atoms with E-state index in [1.54, 1.807) is 24.4 Å². The van der Waals surface area contributed by atoms with E-state index in [1.807, 2.05) is 0 Å². The first-order chi connectivity index (χ1) is 15.7. The fraction of sp³-hybridized carbons (Fsp3) is 0.280. The maximum Gasteiger partial charge on any atom is 0.173 e. The molecule has 1 fully saturated rings. The lowest BCUT2D eigenvalue weighted by molar-refractivity contribution is -0.127. The summed E-state index contributed by atoms with van der Waals surface area (Å²) in [7, 11) is 0. The fourth-order valence-corrected chi connectivity index (χ4v) is 5.67. The molecule has 0 amide bonds. The number of halogens is 1. The minimum atomic E-state index is -1.05. The quantitative estimate of drug-likeness (QED) is 0.429. The van der Waals surface area contributed by atoms with Crippen molar-refractivity contribution in [3.8, 4) is 16.9 Å². The summed E-state index contributed by atoms with van der Waals surface area (Å²) < 4.78 is 0. The topological polar surface area (TPSA) is 156 Å². The van der Waals surface area contributed by atoms with Crippen molar-refractivity contribution in [2.24, 2.45) is 17.8 Å². The van der Waals surface area contributed by atoms with Crippen LogP contribution in [0, 0.1) is 17.8 Å². The van der Waals surface area contributed by atoms with Gasteiger partial charge >= 0.3 is 0 Å². The number of aromatic nitrogens is 1. The van der Waals surface area contributed by atoms with Crippen LogP contribution >= 0.6 is 11.6 Å². The number of aliphatic hydroxyl groups is 2. The molecule has 2 aromatic rings. The molecule has 8 nitrogen and oxygen atoms in total. The zero-order valence-corrected chi connectivity index (χ0v) is 18.9. The maximum atomic E-state index is 13.5. The fourth-order valence-electron chi connectivity index (χ4n) is 5.56. The number of hydrogen-bond acceptors (Lipinski definition) is 7. The van der Waals surface area contributed by atoms with Crippen LogP contribution < -0.4 is 0 Å². The van der Waals surface area contributed by atoms with Crippen LogP contribution in [-0.2, 0) is 20.8 Å². The summed E-state index contributed by atoms with van der Waals surface area (Å²) in [5.74, 6) is -4.49. The maximum absolute atomic E-state index is 13.5. The van der Waals surface area contributed by atoms with Crippen molar-refractivity contribution in [1.29, 1.82) is 0 Å². The Balaban J connectivity index is 0.00000152. The number of phenolic OH excluding ortho intramolecular Hbond substituents is 1. The summed E-state index contributed by atoms with van der Waals surface area (Å²) in [4.78, 5) is 41.9. The Bertz CT molecular complexity index is 1320. The monoisotopic (exact) mass is 487 g/mol. The molecular weight excluding hydrogens is 462 g/mol. The number of nitrogens with zero attached hydrogens (tertiary/aromatic N) is 1. The predicted molar refractivity (Wildman–Crippen MR) is 127 cm³/mol. The Morgan fingerprint density at radius 1 is 1.12 bits per heavy atom. The second-order valence-corrected chi connectivity index (χ2v) is 9.19. The van der Waals surface area contributed by atoms with Gasteiger partial charge in [0.05, 0.1) is 17.1 Å². The van der Waals surface area contributed by atoms with Crippen molar-refractivity contribution >= 4 is 34.7 Å². The van der Waals surface area contributed by atoms with Gasteiger partial charge in [-0.1, -0.05) is 17.7 Å². The number of carbonyl (C=O) groups excluding carboxylic acids is 3. The van der Waals surface area contributed by atoms with Gasteiger partial charge in [-0.2, -0.15) is 0 Å². The van der Waals surface area contributed by atoms with Crippen molar-refractivity contribution in [2.45, 2.75) is 26.2 Å². The van der Waals surface area contributed by atoms with E-state index in [4.69, 9.17) is 11.6 Å². The number of fused-ring (bicyclic) bond motifs is 3. The highest BCUT2D eigenvalue weighted by Crippen LogP contribution is 2.51. The smallest absolute Gasteiger partial charge is 0.173 e. The van der Waals surface area contributed by atoms with Crippen LogP contribution in [0.4, 0.5) is 0 Å². The minimum absolute atomic E-state index is 0. The predicted octanol–water partition coefficient (Wildman–Crippen LogP) is 3.80. The standard InChI is InChI=1S/C25H20ClNO6.H2O.2H2/c1-10(28)19-17(30)8-13-6-12-7-15-14(11-2-5-18(26)27-9-11)3-4-16(29)22(15)25(33)20(12)24(32)21(13)23(19)31;;;/h2-5,9,12-13,21,29,31,33H,6-8H2,1H3;1H2;2*1H. The van der Waals surface area contributed by atoms with Crippen LogP contribution in [0.1, 0.15) is 33.7 Å². The number of benzene rings is 1. The summed E-state index contributed by atoms with van der Waals surface area (Å²) in [5, 5.41) is 32.7. The average molecular weight is 488 g/mol. The lowest BCUT2D eigenvalue weighted by atomic mass is 9.61. The van der Waals surface area contributed by atoms with Crippen LogP contribution in [0.5, 0.6) is 5.75 Å². The molecule has 180 valence electrons. The SMILES string of the molecule is CC(=O)C1=C(O)C2C(=O)C3=C(O)c4c(O)ccc(-c5ccc(Cl)nc5)c4CC3CC2CC1=O.O.[HH].[HH]. The van der Waals surface area contributed by atoms with Gasteiger partial charge in [0, 0.05) is 26.6 Å². The molecule has 0 aliphatic heterocycles. The van der Waals surface area contributed by atoms with Crippen LogP contribution in [0.2, 0.25) is 5.15 Å². The van der Waals surface area contributed by atoms with E-state index in [2.05, 4.69) is 4.98 Å². The normalized spacial score (nSPS) is 23.6. The molecule has 1 aromatic carbocycles. The molecule has 0 bridgehead atoms. The van der Waals surface area contributed by atoms with Crippen LogP contribution in [-0.4, -0.2) is 43.1 Å². The number of hydrogen-bond donors (Lipinski definition) is 3. The molecule has 5 N–H and O–H groups in total. The number of ketones is 3. The highest BCUT2D eigenvalue weighted by Gasteiger charge is 2.50. The molecule has 0 saturated heterocycles. The van der Waals surface area contributed by atoms with Crippen LogP contribution in [0.15, 0.2) is 47.4 Å². The number of rotatable bonds is 2. The lowest BCUT2D eigenvalue weighted by Gasteiger charge is -2.41. The first-order valence-corrected chi connectivity index (χ1v) is 11.0. The lowest BCUT2D eigenvalue weighted by Crippen LogP contribution is -2.43. The summed E-state index contributed by atoms with van der Waals surface area (Å²) in [6.07, 6.45) is 2.32. The Hall–Kier alpha value is -3.49. The molecule has 1 saturated carbocycles. The van der Waals surface area contributed by atoms with Gasteiger partial charge in [0.15, 0.2) is 17.3 Å². The van der Waals surface area contributed by atoms with Crippen molar-refractivity contribution in [3.05, 3.63) is 63.6 Å². The number of pyridine rings is 1. The number of phenols is 1. The van der Waals surface area contributed by atoms with E-state index in [9.17, 15) is 29.7 Å². The van der Waals surface area contributed by atoms with E-state index < -0.39 is 40.9 Å². The van der Waals surface area contributed by atoms with E-state index in [1.165, 1.54) is 13.0 Å². The van der Waals surface area contributed by atoms with Crippen LogP contribution in [0.25, 0.3) is 16.9 Å². The molecule has 0 radical (unpaired) electrons. The summed E-state index contributed by atoms with van der Waals surface area (Å²) >= 11 is 5.91. The first kappa shape index (κ1) is 23.7. The third-order valence-electron chi connectivity index (χ3n) is 6.92. The van der Waals surface area contributed by atoms with Crippen LogP contribution in [0.3, 0.4) is 0 Å². The third-order valence-corrected chi connectivity index (χ3v) is 7.14. The molecule has 9 heteroatoms. The number of allylic oxidation sites excluding steroid dienone is 3. The number of carbonyl (C=O) groups is 3. The number of Topliss-reactive ketones (excluding diaryl/α,β-unsaturated/α-hetero) is 3. The number of aromatic hydroxyl groups is 1. The minimum Gasteiger partial charge on any atom is -0.511 e. The highest BCUT2D eigenvalue weighted by atomic mass is 35.5. The Morgan fingerprint density at radius 3 is 2.50 bits per heavy atom. The zero-order valence-electron chi connectivity index (χ0n) is 18.1. The molecule has 1 aromatic heterocycles. The van der Waals surface area contributed by atoms with Crippen molar-refractivity contribution in [1.82, 2.24) is 4.98 Å². The first-order valence-electron chi connectivity index (χ1n) is 10.6. The van der Waals surface area contributed by atoms with Gasteiger partial charge in [-0.25, -0.2) is 4.98 Å². The zero-order chi connectivity index (χ0) is 23.6. The van der Waals surface area contributed by atoms with Gasteiger partial charge in [0.25, 0.3) is 0 Å². The Labute approximate surface area is 202 Å². The van der Waals surface area contributed by atoms with E-state index in [-0.39, 0.29) is 43.0 Å². The highest BCUT2D eigenvalue weighted by molar-refractivity contribution is 6.29. The summed E-state index contributed by atoms with van der Waals surface area (Å²) in [6, 6.07) is 6.60. The largest absolute Gasteiger partial charge is 0.511 e. The molecule has 3 aliphatic carbocycles. The Kier molecular flexibility index (Phi) is 5.83. The Morgan fingerprint density at radius 2 is 1.85 bits per heavy atom. The van der Waals surface area contributed by atoms with Gasteiger partial charge < -0.3 is 20.8 Å². The molecule has 34 heavy (non-hydrogen) atoms. The molecule has 3 unspecified atom stereocenters.